The number of rotatable bonds is 9. The Balaban J connectivity index is 1.90. The third kappa shape index (κ3) is 6.73. The van der Waals surface area contributed by atoms with E-state index in [-0.39, 0.29) is 23.2 Å². The van der Waals surface area contributed by atoms with E-state index in [0.29, 0.717) is 24.4 Å². The quantitative estimate of drug-likeness (QED) is 0.550. The lowest BCUT2D eigenvalue weighted by molar-refractivity contribution is -0.129. The van der Waals surface area contributed by atoms with Crippen molar-refractivity contribution in [2.24, 2.45) is 0 Å². The number of carbonyl (C=O) groups excluding carboxylic acids is 1. The summed E-state index contributed by atoms with van der Waals surface area (Å²) in [7, 11) is 0. The lowest BCUT2D eigenvalue weighted by Gasteiger charge is -2.19. The van der Waals surface area contributed by atoms with Gasteiger partial charge in [0.25, 0.3) is 0 Å². The fourth-order valence-corrected chi connectivity index (χ4v) is 3.54. The molecule has 27 heavy (non-hydrogen) atoms. The second-order valence-corrected chi connectivity index (χ2v) is 7.26. The van der Waals surface area contributed by atoms with Crippen LogP contribution in [-0.4, -0.2) is 44.9 Å². The fraction of sp³-hybridized carbons (Fsp3) is 0.471. The van der Waals surface area contributed by atoms with Crippen LogP contribution in [0.4, 0.5) is 18.9 Å². The molecule has 2 heterocycles. The Morgan fingerprint density at radius 3 is 2.78 bits per heavy atom. The van der Waals surface area contributed by atoms with Crippen molar-refractivity contribution in [3.63, 3.8) is 0 Å². The second kappa shape index (κ2) is 9.98. The van der Waals surface area contributed by atoms with Crippen molar-refractivity contribution in [2.75, 3.05) is 23.0 Å². The summed E-state index contributed by atoms with van der Waals surface area (Å²) >= 11 is 7.40. The molecule has 0 spiro atoms. The normalized spacial score (nSPS) is 11.6. The Morgan fingerprint density at radius 1 is 1.37 bits per heavy atom. The van der Waals surface area contributed by atoms with E-state index in [4.69, 9.17) is 11.6 Å². The molecule has 0 saturated carbocycles. The molecule has 0 saturated heterocycles. The summed E-state index contributed by atoms with van der Waals surface area (Å²) < 4.78 is 37.8. The minimum atomic E-state index is -4.13. The Kier molecular flexibility index (Phi) is 7.97. The third-order valence-electron chi connectivity index (χ3n) is 3.68. The number of anilines is 1. The highest BCUT2D eigenvalue weighted by atomic mass is 35.5. The molecule has 2 aromatic rings. The summed E-state index contributed by atoms with van der Waals surface area (Å²) in [5, 5.41) is 4.42. The second-order valence-electron chi connectivity index (χ2n) is 5.68. The number of halogens is 4. The average Bonchev–Trinajstić information content (AvgIpc) is 3.00. The van der Waals surface area contributed by atoms with Crippen molar-refractivity contribution in [3.8, 4) is 5.69 Å². The zero-order valence-corrected chi connectivity index (χ0v) is 16.3. The molecule has 0 radical (unpaired) electrons. The van der Waals surface area contributed by atoms with Gasteiger partial charge in [-0.1, -0.05) is 11.6 Å². The number of aromatic nitrogens is 3. The highest BCUT2D eigenvalue weighted by Crippen LogP contribution is 2.27. The third-order valence-corrected chi connectivity index (χ3v) is 5.02. The van der Waals surface area contributed by atoms with Gasteiger partial charge >= 0.3 is 6.18 Å². The zero-order valence-electron chi connectivity index (χ0n) is 14.7. The van der Waals surface area contributed by atoms with Crippen molar-refractivity contribution < 1.29 is 18.0 Å². The van der Waals surface area contributed by atoms with Gasteiger partial charge in [0.2, 0.25) is 5.91 Å². The van der Waals surface area contributed by atoms with Gasteiger partial charge in [-0.3, -0.25) is 9.78 Å². The van der Waals surface area contributed by atoms with Gasteiger partial charge in [-0.2, -0.15) is 30.0 Å². The predicted molar refractivity (Wildman–Crippen MR) is 102 cm³/mol. The van der Waals surface area contributed by atoms with E-state index >= 15 is 0 Å². The van der Waals surface area contributed by atoms with Gasteiger partial charge in [-0.05, 0) is 31.2 Å². The van der Waals surface area contributed by atoms with Crippen LogP contribution in [0.1, 0.15) is 26.2 Å². The number of pyridine rings is 1. The van der Waals surface area contributed by atoms with Crippen LogP contribution in [0.15, 0.2) is 30.7 Å². The molecule has 0 unspecified atom stereocenters. The van der Waals surface area contributed by atoms with Crippen LogP contribution in [0, 0.1) is 0 Å². The molecule has 0 aromatic carbocycles. The predicted octanol–water partition coefficient (Wildman–Crippen LogP) is 4.74. The molecule has 1 amide bonds. The highest BCUT2D eigenvalue weighted by molar-refractivity contribution is 7.99. The van der Waals surface area contributed by atoms with E-state index < -0.39 is 12.6 Å². The minimum Gasteiger partial charge on any atom is -0.309 e. The maximum Gasteiger partial charge on any atom is 0.389 e. The van der Waals surface area contributed by atoms with E-state index in [1.807, 2.05) is 13.0 Å². The summed E-state index contributed by atoms with van der Waals surface area (Å²) in [5.41, 5.74) is 1.22. The number of carbonyl (C=O) groups is 1. The molecule has 2 rings (SSSR count). The largest absolute Gasteiger partial charge is 0.389 e. The maximum absolute atomic E-state index is 12.5. The molecule has 0 aliphatic rings. The Bertz CT molecular complexity index is 740. The lowest BCUT2D eigenvalue weighted by atomic mass is 10.3. The first-order valence-electron chi connectivity index (χ1n) is 8.42. The van der Waals surface area contributed by atoms with Gasteiger partial charge in [0.05, 0.1) is 24.5 Å². The van der Waals surface area contributed by atoms with E-state index in [1.165, 1.54) is 16.7 Å². The van der Waals surface area contributed by atoms with Crippen LogP contribution in [-0.2, 0) is 4.79 Å². The van der Waals surface area contributed by atoms with Crippen molar-refractivity contribution >= 4 is 35.0 Å². The summed E-state index contributed by atoms with van der Waals surface area (Å²) in [6.07, 6.45) is 0.739. The molecular formula is C17H20ClF3N4OS. The van der Waals surface area contributed by atoms with Crippen molar-refractivity contribution in [3.05, 3.63) is 35.9 Å². The van der Waals surface area contributed by atoms with Crippen molar-refractivity contribution in [1.82, 2.24) is 14.8 Å². The molecule has 5 nitrogen and oxygen atoms in total. The van der Waals surface area contributed by atoms with E-state index in [0.717, 1.165) is 5.69 Å². The van der Waals surface area contributed by atoms with Crippen LogP contribution >= 0.6 is 23.4 Å². The van der Waals surface area contributed by atoms with Gasteiger partial charge in [0.15, 0.2) is 5.15 Å². The molecule has 0 aliphatic heterocycles. The molecule has 10 heteroatoms. The molecule has 148 valence electrons. The summed E-state index contributed by atoms with van der Waals surface area (Å²) in [4.78, 5) is 18.0. The monoisotopic (exact) mass is 420 g/mol. The number of alkyl halides is 3. The molecule has 0 aliphatic carbocycles. The number of thioether (sulfide) groups is 1. The highest BCUT2D eigenvalue weighted by Gasteiger charge is 2.26. The van der Waals surface area contributed by atoms with Gasteiger partial charge in [0, 0.05) is 24.9 Å². The minimum absolute atomic E-state index is 0.0128. The van der Waals surface area contributed by atoms with Gasteiger partial charge in [-0.15, -0.1) is 0 Å². The Morgan fingerprint density at radius 2 is 2.15 bits per heavy atom. The molecule has 2 aromatic heterocycles. The molecule has 0 atom stereocenters. The molecule has 0 fully saturated rings. The van der Waals surface area contributed by atoms with Crippen molar-refractivity contribution in [1.29, 1.82) is 0 Å². The lowest BCUT2D eigenvalue weighted by Crippen LogP contribution is -2.30. The smallest absolute Gasteiger partial charge is 0.309 e. The Labute approximate surface area is 164 Å². The topological polar surface area (TPSA) is 51.0 Å². The first-order valence-corrected chi connectivity index (χ1v) is 9.95. The average molecular weight is 421 g/mol. The van der Waals surface area contributed by atoms with Crippen LogP contribution in [0.25, 0.3) is 5.69 Å². The van der Waals surface area contributed by atoms with Gasteiger partial charge in [-0.25, -0.2) is 4.68 Å². The van der Waals surface area contributed by atoms with Crippen LogP contribution in [0.2, 0.25) is 5.15 Å². The number of amides is 1. The first-order chi connectivity index (χ1) is 12.8. The van der Waals surface area contributed by atoms with Crippen LogP contribution in [0.3, 0.4) is 0 Å². The van der Waals surface area contributed by atoms with E-state index in [9.17, 15) is 18.0 Å². The van der Waals surface area contributed by atoms with Gasteiger partial charge in [0.1, 0.15) is 5.69 Å². The molecule has 0 N–H and O–H groups in total. The Hall–Kier alpha value is -1.74. The number of hydrogen-bond donors (Lipinski definition) is 0. The van der Waals surface area contributed by atoms with Gasteiger partial charge < -0.3 is 4.90 Å². The van der Waals surface area contributed by atoms with Crippen LogP contribution < -0.4 is 4.90 Å². The fourth-order valence-electron chi connectivity index (χ4n) is 2.38. The summed E-state index contributed by atoms with van der Waals surface area (Å²) in [6.45, 7) is 2.24. The first kappa shape index (κ1) is 21.6. The zero-order chi connectivity index (χ0) is 19.9. The number of hydrogen-bond acceptors (Lipinski definition) is 4. The van der Waals surface area contributed by atoms with E-state index in [1.54, 1.807) is 29.3 Å². The summed E-state index contributed by atoms with van der Waals surface area (Å²) in [6, 6.07) is 3.58. The standard InChI is InChI=1S/C17H20ClF3N4OS/c1-2-24(15(26)6-4-9-27-10-7-17(19,20)21)14-12-25(23-16(14)18)13-5-3-8-22-11-13/h3,5,8,11-12H,2,4,6-7,9-10H2,1H3. The van der Waals surface area contributed by atoms with Crippen molar-refractivity contribution in [2.45, 2.75) is 32.4 Å². The number of nitrogens with zero attached hydrogens (tertiary/aromatic N) is 4. The summed E-state index contributed by atoms with van der Waals surface area (Å²) in [5.74, 6) is 0.377. The molecular weight excluding hydrogens is 401 g/mol. The molecule has 0 bridgehead atoms. The van der Waals surface area contributed by atoms with E-state index in [2.05, 4.69) is 10.1 Å². The SMILES string of the molecule is CCN(C(=O)CCCSCCC(F)(F)F)c1cn(-c2cccnc2)nc1Cl. The maximum atomic E-state index is 12.5. The van der Waals surface area contributed by atoms with Crippen LogP contribution in [0.5, 0.6) is 0 Å².